The summed E-state index contributed by atoms with van der Waals surface area (Å²) in [7, 11) is 0. The van der Waals surface area contributed by atoms with Gasteiger partial charge in [0.2, 0.25) is 5.91 Å². The maximum absolute atomic E-state index is 13.1. The molecule has 5 heteroatoms. The van der Waals surface area contributed by atoms with Gasteiger partial charge in [-0.25, -0.2) is 4.98 Å². The Morgan fingerprint density at radius 2 is 1.32 bits per heavy atom. The highest BCUT2D eigenvalue weighted by Gasteiger charge is 2.40. The van der Waals surface area contributed by atoms with Crippen LogP contribution in [0.25, 0.3) is 0 Å². The van der Waals surface area contributed by atoms with Crippen molar-refractivity contribution < 1.29 is 4.79 Å². The van der Waals surface area contributed by atoms with Crippen molar-refractivity contribution in [2.45, 2.75) is 63.5 Å². The lowest BCUT2D eigenvalue weighted by Gasteiger charge is -2.38. The molecule has 0 bridgehead atoms. The van der Waals surface area contributed by atoms with Gasteiger partial charge in [0.05, 0.1) is 18.1 Å². The van der Waals surface area contributed by atoms with Crippen molar-refractivity contribution in [2.75, 3.05) is 13.1 Å². The number of aromatic nitrogens is 2. The van der Waals surface area contributed by atoms with E-state index in [0.29, 0.717) is 6.42 Å². The van der Waals surface area contributed by atoms with Crippen LogP contribution >= 0.6 is 0 Å². The van der Waals surface area contributed by atoms with Gasteiger partial charge >= 0.3 is 0 Å². The van der Waals surface area contributed by atoms with Crippen molar-refractivity contribution in [3.05, 3.63) is 125 Å². The summed E-state index contributed by atoms with van der Waals surface area (Å²) in [5.74, 6) is 1.87. The molecule has 0 radical (unpaired) electrons. The molecule has 0 unspecified atom stereocenters. The SMILES string of the molecule is Cc1c(CCC[C@H](N)C(=O)N2CCC(C3CC3)CC2)ncn1C(c1ccccc1)(c1ccccc1)c1ccccc1. The summed E-state index contributed by atoms with van der Waals surface area (Å²) in [5, 5.41) is 0. The molecular formula is C36H42N4O. The first-order chi connectivity index (χ1) is 20.1. The number of nitrogens with zero attached hydrogens (tertiary/aromatic N) is 3. The normalized spacial score (nSPS) is 17.0. The van der Waals surface area contributed by atoms with Crippen LogP contribution in [0.1, 0.15) is 66.6 Å². The van der Waals surface area contributed by atoms with Crippen LogP contribution in [0.5, 0.6) is 0 Å². The number of hydrogen-bond donors (Lipinski definition) is 1. The zero-order valence-corrected chi connectivity index (χ0v) is 24.2. The number of rotatable bonds is 10. The molecule has 3 aromatic carbocycles. The van der Waals surface area contributed by atoms with Crippen molar-refractivity contribution in [3.8, 4) is 0 Å². The van der Waals surface area contributed by atoms with E-state index in [9.17, 15) is 4.79 Å². The lowest BCUT2D eigenvalue weighted by Crippen LogP contribution is -2.47. The maximum Gasteiger partial charge on any atom is 0.239 e. The number of likely N-dealkylation sites (tertiary alicyclic amines) is 1. The van der Waals surface area contributed by atoms with Gasteiger partial charge in [-0.3, -0.25) is 4.79 Å². The van der Waals surface area contributed by atoms with Crippen molar-refractivity contribution in [1.29, 1.82) is 0 Å². The second kappa shape index (κ2) is 12.0. The maximum atomic E-state index is 13.1. The van der Waals surface area contributed by atoms with E-state index < -0.39 is 11.6 Å². The van der Waals surface area contributed by atoms with E-state index >= 15 is 0 Å². The zero-order valence-electron chi connectivity index (χ0n) is 24.2. The molecule has 2 N–H and O–H groups in total. The number of amides is 1. The van der Waals surface area contributed by atoms with Gasteiger partial charge in [-0.2, -0.15) is 0 Å². The predicted octanol–water partition coefficient (Wildman–Crippen LogP) is 6.33. The van der Waals surface area contributed by atoms with Gasteiger partial charge in [-0.05, 0) is 80.4 Å². The van der Waals surface area contributed by atoms with E-state index in [1.54, 1.807) is 0 Å². The van der Waals surface area contributed by atoms with Crippen LogP contribution in [-0.2, 0) is 16.8 Å². The second-order valence-corrected chi connectivity index (χ2v) is 12.0. The van der Waals surface area contributed by atoms with Crippen LogP contribution in [0.3, 0.4) is 0 Å². The Balaban J connectivity index is 1.23. The summed E-state index contributed by atoms with van der Waals surface area (Å²) >= 11 is 0. The summed E-state index contributed by atoms with van der Waals surface area (Å²) in [6.07, 6.45) is 9.35. The molecule has 1 amide bonds. The first-order valence-electron chi connectivity index (χ1n) is 15.3. The van der Waals surface area contributed by atoms with E-state index in [2.05, 4.69) is 102 Å². The Morgan fingerprint density at radius 1 is 0.829 bits per heavy atom. The predicted molar refractivity (Wildman–Crippen MR) is 165 cm³/mol. The first-order valence-corrected chi connectivity index (χ1v) is 15.3. The van der Waals surface area contributed by atoms with Crippen LogP contribution in [0.15, 0.2) is 97.3 Å². The van der Waals surface area contributed by atoms with Gasteiger partial charge in [0, 0.05) is 18.8 Å². The molecule has 212 valence electrons. The largest absolute Gasteiger partial charge is 0.341 e. The number of benzene rings is 3. The number of aryl methyl sites for hydroxylation is 1. The quantitative estimate of drug-likeness (QED) is 0.236. The minimum atomic E-state index is -0.571. The minimum Gasteiger partial charge on any atom is -0.341 e. The molecule has 1 aliphatic heterocycles. The van der Waals surface area contributed by atoms with Crippen LogP contribution in [0.4, 0.5) is 0 Å². The highest BCUT2D eigenvalue weighted by atomic mass is 16.2. The second-order valence-electron chi connectivity index (χ2n) is 12.0. The van der Waals surface area contributed by atoms with Gasteiger partial charge in [0.25, 0.3) is 0 Å². The number of piperidine rings is 1. The monoisotopic (exact) mass is 546 g/mol. The highest BCUT2D eigenvalue weighted by Crippen LogP contribution is 2.43. The summed E-state index contributed by atoms with van der Waals surface area (Å²) in [4.78, 5) is 20.0. The summed E-state index contributed by atoms with van der Waals surface area (Å²) in [6.45, 7) is 3.91. The average Bonchev–Trinajstić information content (AvgIpc) is 3.83. The lowest BCUT2D eigenvalue weighted by molar-refractivity contribution is -0.134. The van der Waals surface area contributed by atoms with E-state index in [1.165, 1.54) is 29.5 Å². The van der Waals surface area contributed by atoms with Crippen molar-refractivity contribution in [3.63, 3.8) is 0 Å². The molecule has 2 heterocycles. The third-order valence-electron chi connectivity index (χ3n) is 9.43. The Kier molecular flexibility index (Phi) is 8.06. The molecule has 1 saturated heterocycles. The third-order valence-corrected chi connectivity index (χ3v) is 9.43. The molecule has 0 spiro atoms. The Morgan fingerprint density at radius 3 is 1.80 bits per heavy atom. The molecule has 5 nitrogen and oxygen atoms in total. The van der Waals surface area contributed by atoms with Crippen LogP contribution in [0, 0.1) is 18.8 Å². The molecule has 2 aliphatic rings. The molecule has 1 atom stereocenters. The van der Waals surface area contributed by atoms with Crippen LogP contribution < -0.4 is 5.73 Å². The summed E-state index contributed by atoms with van der Waals surface area (Å²) < 4.78 is 2.33. The fourth-order valence-electron chi connectivity index (χ4n) is 6.99. The molecule has 1 aliphatic carbocycles. The number of imidazole rings is 1. The first kappa shape index (κ1) is 27.5. The van der Waals surface area contributed by atoms with Gasteiger partial charge in [-0.1, -0.05) is 91.0 Å². The van der Waals surface area contributed by atoms with Crippen LogP contribution in [0.2, 0.25) is 0 Å². The molecule has 2 fully saturated rings. The van der Waals surface area contributed by atoms with Gasteiger partial charge in [0.15, 0.2) is 0 Å². The van der Waals surface area contributed by atoms with E-state index in [1.807, 2.05) is 11.2 Å². The van der Waals surface area contributed by atoms with Gasteiger partial charge < -0.3 is 15.2 Å². The number of nitrogens with two attached hydrogens (primary N) is 1. The lowest BCUT2D eigenvalue weighted by atomic mass is 9.76. The fourth-order valence-corrected chi connectivity index (χ4v) is 6.99. The Bertz CT molecular complexity index is 1320. The fraction of sp³-hybridized carbons (Fsp3) is 0.389. The Labute approximate surface area is 244 Å². The van der Waals surface area contributed by atoms with Crippen molar-refractivity contribution in [2.24, 2.45) is 17.6 Å². The summed E-state index contributed by atoms with van der Waals surface area (Å²) in [5.41, 5.74) is 11.6. The molecule has 1 saturated carbocycles. The zero-order chi connectivity index (χ0) is 28.2. The highest BCUT2D eigenvalue weighted by molar-refractivity contribution is 5.81. The number of hydrogen-bond acceptors (Lipinski definition) is 3. The van der Waals surface area contributed by atoms with E-state index in [-0.39, 0.29) is 5.91 Å². The Hall–Kier alpha value is -3.70. The molecule has 1 aromatic heterocycles. The summed E-state index contributed by atoms with van der Waals surface area (Å²) in [6, 6.07) is 31.6. The van der Waals surface area contributed by atoms with Gasteiger partial charge in [-0.15, -0.1) is 0 Å². The molecule has 4 aromatic rings. The number of carbonyl (C=O) groups is 1. The smallest absolute Gasteiger partial charge is 0.239 e. The van der Waals surface area contributed by atoms with Crippen LogP contribution in [-0.4, -0.2) is 39.5 Å². The molecule has 6 rings (SSSR count). The minimum absolute atomic E-state index is 0.123. The third kappa shape index (κ3) is 5.48. The van der Waals surface area contributed by atoms with Crippen molar-refractivity contribution >= 4 is 5.91 Å². The van der Waals surface area contributed by atoms with Crippen molar-refractivity contribution in [1.82, 2.24) is 14.5 Å². The topological polar surface area (TPSA) is 64.2 Å². The van der Waals surface area contributed by atoms with Gasteiger partial charge in [0.1, 0.15) is 5.54 Å². The van der Waals surface area contributed by atoms with E-state index in [4.69, 9.17) is 10.7 Å². The molecule has 41 heavy (non-hydrogen) atoms. The average molecular weight is 547 g/mol. The van der Waals surface area contributed by atoms with E-state index in [0.717, 1.165) is 62.0 Å². The molecular weight excluding hydrogens is 504 g/mol. The number of carbonyl (C=O) groups excluding carboxylic acids is 1. The standard InChI is InChI=1S/C36H42N4O/c1-27-34(19-11-18-33(37)35(41)39-24-22-29(23-25-39)28-20-21-28)38-26-40(27)36(30-12-5-2-6-13-30,31-14-7-3-8-15-31)32-16-9-4-10-17-32/h2-10,12-17,26,28-29,33H,11,18-25,37H2,1H3/t33-/m0/s1.